The molecule has 94 valence electrons. The molecule has 4 nitrogen and oxygen atoms in total. The van der Waals surface area contributed by atoms with E-state index in [1.807, 2.05) is 31.2 Å². The molecule has 0 aliphatic carbocycles. The number of nitrogens with zero attached hydrogens (tertiary/aromatic N) is 1. The summed E-state index contributed by atoms with van der Waals surface area (Å²) in [6.07, 6.45) is 1.58. The van der Waals surface area contributed by atoms with E-state index in [1.165, 1.54) is 0 Å². The minimum Gasteiger partial charge on any atom is -0.376 e. The van der Waals surface area contributed by atoms with E-state index in [2.05, 4.69) is 47.4 Å². The molecule has 0 aliphatic rings. The maximum absolute atomic E-state index is 11.4. The van der Waals surface area contributed by atoms with Gasteiger partial charge in [0.1, 0.15) is 4.47 Å². The van der Waals surface area contributed by atoms with Crippen molar-refractivity contribution in [3.8, 4) is 0 Å². The van der Waals surface area contributed by atoms with E-state index >= 15 is 0 Å². The van der Waals surface area contributed by atoms with Crippen LogP contribution in [0.25, 0.3) is 0 Å². The van der Waals surface area contributed by atoms with Crippen LogP contribution in [-0.2, 0) is 0 Å². The van der Waals surface area contributed by atoms with E-state index in [1.54, 1.807) is 6.20 Å². The number of aromatic amines is 1. The number of hydrogen-bond acceptors (Lipinski definition) is 3. The first-order valence-corrected chi connectivity index (χ1v) is 6.91. The first-order chi connectivity index (χ1) is 8.58. The topological polar surface area (TPSA) is 57.8 Å². The van der Waals surface area contributed by atoms with Gasteiger partial charge in [0.25, 0.3) is 5.56 Å². The summed E-state index contributed by atoms with van der Waals surface area (Å²) in [6, 6.07) is 8.10. The van der Waals surface area contributed by atoms with Gasteiger partial charge in [-0.1, -0.05) is 28.1 Å². The summed E-state index contributed by atoms with van der Waals surface area (Å²) in [4.78, 5) is 11.4. The summed E-state index contributed by atoms with van der Waals surface area (Å²) in [5.74, 6) is 0. The third-order valence-electron chi connectivity index (χ3n) is 2.54. The Morgan fingerprint density at radius 3 is 2.61 bits per heavy atom. The minimum atomic E-state index is -0.247. The maximum atomic E-state index is 11.4. The second-order valence-electron chi connectivity index (χ2n) is 3.84. The van der Waals surface area contributed by atoms with Gasteiger partial charge >= 0.3 is 0 Å². The van der Waals surface area contributed by atoms with Crippen molar-refractivity contribution in [1.82, 2.24) is 10.2 Å². The van der Waals surface area contributed by atoms with Crippen LogP contribution in [0.5, 0.6) is 0 Å². The molecule has 2 rings (SSSR count). The molecular formula is C12H11Br2N3O. The van der Waals surface area contributed by atoms with Crippen molar-refractivity contribution in [3.63, 3.8) is 0 Å². The highest BCUT2D eigenvalue weighted by atomic mass is 79.9. The zero-order chi connectivity index (χ0) is 13.1. The van der Waals surface area contributed by atoms with Crippen LogP contribution in [0, 0.1) is 0 Å². The van der Waals surface area contributed by atoms with Gasteiger partial charge < -0.3 is 5.32 Å². The van der Waals surface area contributed by atoms with Crippen LogP contribution >= 0.6 is 31.9 Å². The Kier molecular flexibility index (Phi) is 4.19. The van der Waals surface area contributed by atoms with Gasteiger partial charge in [-0.05, 0) is 40.5 Å². The Bertz CT molecular complexity index is 595. The molecule has 0 bridgehead atoms. The molecule has 1 heterocycles. The Morgan fingerprint density at radius 2 is 1.94 bits per heavy atom. The zero-order valence-electron chi connectivity index (χ0n) is 9.58. The van der Waals surface area contributed by atoms with Crippen LogP contribution in [0.1, 0.15) is 18.5 Å². The summed E-state index contributed by atoms with van der Waals surface area (Å²) >= 11 is 6.64. The minimum absolute atomic E-state index is 0.0815. The standard InChI is InChI=1S/C12H11Br2N3O/c1-7(8-2-4-9(13)5-3-8)16-10-6-15-17-12(18)11(10)14/h2-7H,1H3,(H2,16,17,18). The summed E-state index contributed by atoms with van der Waals surface area (Å²) in [5, 5.41) is 9.37. The Hall–Kier alpha value is -1.14. The monoisotopic (exact) mass is 371 g/mol. The first-order valence-electron chi connectivity index (χ1n) is 5.33. The fourth-order valence-electron chi connectivity index (χ4n) is 1.55. The van der Waals surface area contributed by atoms with E-state index in [-0.39, 0.29) is 11.6 Å². The van der Waals surface area contributed by atoms with Gasteiger partial charge in [0.15, 0.2) is 0 Å². The molecule has 1 aromatic carbocycles. The second kappa shape index (κ2) is 5.67. The molecule has 1 atom stereocenters. The third-order valence-corrected chi connectivity index (χ3v) is 3.85. The molecule has 2 aromatic rings. The van der Waals surface area contributed by atoms with Gasteiger partial charge in [-0.2, -0.15) is 5.10 Å². The van der Waals surface area contributed by atoms with E-state index in [9.17, 15) is 4.79 Å². The Labute approximate surface area is 121 Å². The van der Waals surface area contributed by atoms with E-state index in [0.29, 0.717) is 10.2 Å². The van der Waals surface area contributed by atoms with Crippen LogP contribution in [0.3, 0.4) is 0 Å². The molecule has 0 amide bonds. The Balaban J connectivity index is 2.21. The average molecular weight is 373 g/mol. The van der Waals surface area contributed by atoms with E-state index < -0.39 is 0 Å². The van der Waals surface area contributed by atoms with Crippen molar-refractivity contribution >= 4 is 37.5 Å². The van der Waals surface area contributed by atoms with Gasteiger partial charge in [-0.25, -0.2) is 5.10 Å². The van der Waals surface area contributed by atoms with E-state index in [0.717, 1.165) is 10.0 Å². The molecule has 0 saturated carbocycles. The Morgan fingerprint density at radius 1 is 1.28 bits per heavy atom. The van der Waals surface area contributed by atoms with Crippen molar-refractivity contribution in [2.75, 3.05) is 5.32 Å². The first kappa shape index (κ1) is 13.3. The maximum Gasteiger partial charge on any atom is 0.280 e. The fraction of sp³-hybridized carbons (Fsp3) is 0.167. The molecular weight excluding hydrogens is 362 g/mol. The average Bonchev–Trinajstić information content (AvgIpc) is 2.36. The van der Waals surface area contributed by atoms with Crippen molar-refractivity contribution in [1.29, 1.82) is 0 Å². The zero-order valence-corrected chi connectivity index (χ0v) is 12.7. The molecule has 18 heavy (non-hydrogen) atoms. The van der Waals surface area contributed by atoms with Gasteiger partial charge in [0.05, 0.1) is 11.9 Å². The number of aromatic nitrogens is 2. The summed E-state index contributed by atoms with van der Waals surface area (Å²) in [6.45, 7) is 2.02. The molecule has 6 heteroatoms. The lowest BCUT2D eigenvalue weighted by molar-refractivity contribution is 0.871. The molecule has 2 N–H and O–H groups in total. The number of nitrogens with one attached hydrogen (secondary N) is 2. The van der Waals surface area contributed by atoms with Crippen molar-refractivity contribution in [2.45, 2.75) is 13.0 Å². The number of halogens is 2. The lowest BCUT2D eigenvalue weighted by Gasteiger charge is -2.16. The van der Waals surface area contributed by atoms with E-state index in [4.69, 9.17) is 0 Å². The van der Waals surface area contributed by atoms with Gasteiger partial charge in [-0.3, -0.25) is 4.79 Å². The molecule has 1 unspecified atom stereocenters. The summed E-state index contributed by atoms with van der Waals surface area (Å²) < 4.78 is 1.50. The van der Waals surface area contributed by atoms with Crippen LogP contribution in [-0.4, -0.2) is 10.2 Å². The molecule has 1 aromatic heterocycles. The summed E-state index contributed by atoms with van der Waals surface area (Å²) in [7, 11) is 0. The molecule has 0 aliphatic heterocycles. The second-order valence-corrected chi connectivity index (χ2v) is 5.55. The van der Waals surface area contributed by atoms with Crippen molar-refractivity contribution in [2.24, 2.45) is 0 Å². The smallest absolute Gasteiger partial charge is 0.280 e. The van der Waals surface area contributed by atoms with Crippen molar-refractivity contribution in [3.05, 3.63) is 55.3 Å². The number of H-pyrrole nitrogens is 1. The fourth-order valence-corrected chi connectivity index (χ4v) is 2.12. The number of rotatable bonds is 3. The van der Waals surface area contributed by atoms with Crippen LogP contribution in [0.15, 0.2) is 44.2 Å². The third kappa shape index (κ3) is 3.00. The van der Waals surface area contributed by atoms with Gasteiger partial charge in [0.2, 0.25) is 0 Å². The predicted molar refractivity (Wildman–Crippen MR) is 78.7 cm³/mol. The van der Waals surface area contributed by atoms with Gasteiger partial charge in [-0.15, -0.1) is 0 Å². The number of benzene rings is 1. The van der Waals surface area contributed by atoms with Crippen molar-refractivity contribution < 1.29 is 0 Å². The predicted octanol–water partition coefficient (Wildman–Crippen LogP) is 3.47. The highest BCUT2D eigenvalue weighted by molar-refractivity contribution is 9.10. The highest BCUT2D eigenvalue weighted by Gasteiger charge is 2.09. The summed E-state index contributed by atoms with van der Waals surface area (Å²) in [5.41, 5.74) is 1.56. The van der Waals surface area contributed by atoms with Crippen LogP contribution in [0.2, 0.25) is 0 Å². The van der Waals surface area contributed by atoms with Crippen LogP contribution in [0.4, 0.5) is 5.69 Å². The molecule has 0 radical (unpaired) electrons. The lowest BCUT2D eigenvalue weighted by Crippen LogP contribution is -2.14. The highest BCUT2D eigenvalue weighted by Crippen LogP contribution is 2.23. The molecule has 0 spiro atoms. The SMILES string of the molecule is CC(Nc1cn[nH]c(=O)c1Br)c1ccc(Br)cc1. The molecule has 0 fully saturated rings. The number of anilines is 1. The lowest BCUT2D eigenvalue weighted by atomic mass is 10.1. The quantitative estimate of drug-likeness (QED) is 0.867. The number of hydrogen-bond donors (Lipinski definition) is 2. The normalized spacial score (nSPS) is 12.2. The van der Waals surface area contributed by atoms with Crippen LogP contribution < -0.4 is 10.9 Å². The molecule has 0 saturated heterocycles. The van der Waals surface area contributed by atoms with Gasteiger partial charge in [0, 0.05) is 10.5 Å². The largest absolute Gasteiger partial charge is 0.376 e.